The van der Waals surface area contributed by atoms with E-state index in [0.717, 1.165) is 21.7 Å². The van der Waals surface area contributed by atoms with Crippen LogP contribution in [-0.2, 0) is 4.79 Å². The average Bonchev–Trinajstić information content (AvgIpc) is 2.83. The Kier molecular flexibility index (Phi) is 4.48. The van der Waals surface area contributed by atoms with Crippen molar-refractivity contribution in [2.24, 2.45) is 0 Å². The van der Waals surface area contributed by atoms with E-state index < -0.39 is 0 Å². The van der Waals surface area contributed by atoms with Crippen LogP contribution in [0.3, 0.4) is 0 Å². The molecular weight excluding hydrogens is 300 g/mol. The molecule has 1 unspecified atom stereocenters. The van der Waals surface area contributed by atoms with E-state index in [2.05, 4.69) is 26.6 Å². The highest BCUT2D eigenvalue weighted by atomic mass is 79.9. The minimum atomic E-state index is -0.0436. The fourth-order valence-electron chi connectivity index (χ4n) is 1.71. The molecule has 2 rings (SSSR count). The molecule has 2 N–H and O–H groups in total. The van der Waals surface area contributed by atoms with E-state index in [1.165, 1.54) is 0 Å². The summed E-state index contributed by atoms with van der Waals surface area (Å²) in [5.74, 6) is 1.81. The number of nitrogens with one attached hydrogen (secondary N) is 2. The van der Waals surface area contributed by atoms with Gasteiger partial charge in [0.1, 0.15) is 0 Å². The van der Waals surface area contributed by atoms with Crippen LogP contribution in [0.1, 0.15) is 18.5 Å². The van der Waals surface area contributed by atoms with Gasteiger partial charge in [-0.1, -0.05) is 28.1 Å². The van der Waals surface area contributed by atoms with Crippen LogP contribution in [0.4, 0.5) is 0 Å². The molecule has 17 heavy (non-hydrogen) atoms. The number of benzene rings is 1. The molecule has 1 aromatic rings. The molecule has 0 spiro atoms. The number of thioether (sulfide) groups is 1. The highest BCUT2D eigenvalue weighted by Crippen LogP contribution is 2.17. The lowest BCUT2D eigenvalue weighted by atomic mass is 10.1. The zero-order chi connectivity index (χ0) is 12.3. The minimum Gasteiger partial charge on any atom is -0.348 e. The molecule has 0 bridgehead atoms. The zero-order valence-corrected chi connectivity index (χ0v) is 12.0. The van der Waals surface area contributed by atoms with E-state index >= 15 is 0 Å². The third-order valence-electron chi connectivity index (χ3n) is 2.76. The summed E-state index contributed by atoms with van der Waals surface area (Å²) >= 11 is 5.16. The van der Waals surface area contributed by atoms with E-state index in [-0.39, 0.29) is 18.0 Å². The van der Waals surface area contributed by atoms with E-state index in [4.69, 9.17) is 0 Å². The van der Waals surface area contributed by atoms with Gasteiger partial charge in [0.2, 0.25) is 5.91 Å². The molecule has 0 saturated carbocycles. The smallest absolute Gasteiger partial charge is 0.238 e. The topological polar surface area (TPSA) is 41.1 Å². The second kappa shape index (κ2) is 5.89. The lowest BCUT2D eigenvalue weighted by Crippen LogP contribution is -2.42. The van der Waals surface area contributed by atoms with Gasteiger partial charge in [-0.2, -0.15) is 0 Å². The third kappa shape index (κ3) is 3.47. The van der Waals surface area contributed by atoms with E-state index in [9.17, 15) is 4.79 Å². The van der Waals surface area contributed by atoms with E-state index in [1.54, 1.807) is 11.8 Å². The number of carbonyl (C=O) groups excluding carboxylic acids is 1. The van der Waals surface area contributed by atoms with Crippen LogP contribution >= 0.6 is 27.7 Å². The molecule has 2 atom stereocenters. The predicted octanol–water partition coefficient (Wildman–Crippen LogP) is 2.29. The molecule has 1 amide bonds. The standard InChI is InChI=1S/C12H15BrN2OS/c1-8(9-2-4-10(13)5-3-9)15-12(16)11-6-17-7-14-11/h2-5,8,11,14H,6-7H2,1H3,(H,15,16)/t8-,11?/m1/s1. The maximum Gasteiger partial charge on any atom is 0.238 e. The number of carbonyl (C=O) groups is 1. The first kappa shape index (κ1) is 12.9. The van der Waals surface area contributed by atoms with Gasteiger partial charge in [0.05, 0.1) is 12.1 Å². The molecule has 1 heterocycles. The molecule has 0 radical (unpaired) electrons. The van der Waals surface area contributed by atoms with Crippen molar-refractivity contribution in [3.8, 4) is 0 Å². The number of hydrogen-bond donors (Lipinski definition) is 2. The second-order valence-corrected chi connectivity index (χ2v) is 6.00. The molecule has 5 heteroatoms. The maximum absolute atomic E-state index is 11.9. The number of hydrogen-bond acceptors (Lipinski definition) is 3. The number of amides is 1. The molecular formula is C12H15BrN2OS. The van der Waals surface area contributed by atoms with Gasteiger partial charge in [-0.25, -0.2) is 0 Å². The first-order chi connectivity index (χ1) is 8.16. The molecule has 0 aromatic heterocycles. The third-order valence-corrected chi connectivity index (χ3v) is 4.23. The number of halogens is 1. The fraction of sp³-hybridized carbons (Fsp3) is 0.417. The summed E-state index contributed by atoms with van der Waals surface area (Å²) < 4.78 is 1.05. The van der Waals surface area contributed by atoms with Crippen molar-refractivity contribution in [2.75, 3.05) is 11.6 Å². The predicted molar refractivity (Wildman–Crippen MR) is 74.9 cm³/mol. The van der Waals surface area contributed by atoms with Crippen LogP contribution in [0.15, 0.2) is 28.7 Å². The second-order valence-electron chi connectivity index (χ2n) is 4.05. The van der Waals surface area contributed by atoms with Crippen LogP contribution in [0.5, 0.6) is 0 Å². The van der Waals surface area contributed by atoms with E-state index in [1.807, 2.05) is 31.2 Å². The van der Waals surface area contributed by atoms with Gasteiger partial charge in [-0.15, -0.1) is 11.8 Å². The van der Waals surface area contributed by atoms with Gasteiger partial charge in [-0.3, -0.25) is 10.1 Å². The van der Waals surface area contributed by atoms with Crippen LogP contribution in [0, 0.1) is 0 Å². The lowest BCUT2D eigenvalue weighted by molar-refractivity contribution is -0.123. The largest absolute Gasteiger partial charge is 0.348 e. The van der Waals surface area contributed by atoms with Crippen LogP contribution < -0.4 is 10.6 Å². The van der Waals surface area contributed by atoms with Crippen molar-refractivity contribution in [1.29, 1.82) is 0 Å². The molecule has 1 aliphatic rings. The Morgan fingerprint density at radius 2 is 2.24 bits per heavy atom. The summed E-state index contributed by atoms with van der Waals surface area (Å²) in [4.78, 5) is 11.9. The monoisotopic (exact) mass is 314 g/mol. The molecule has 1 aliphatic heterocycles. The lowest BCUT2D eigenvalue weighted by Gasteiger charge is -2.17. The summed E-state index contributed by atoms with van der Waals surface area (Å²) in [6.45, 7) is 2.00. The summed E-state index contributed by atoms with van der Waals surface area (Å²) in [6.07, 6.45) is 0. The van der Waals surface area contributed by atoms with Crippen molar-refractivity contribution in [1.82, 2.24) is 10.6 Å². The normalized spacial score (nSPS) is 21.2. The molecule has 1 aromatic carbocycles. The van der Waals surface area contributed by atoms with Crippen molar-refractivity contribution >= 4 is 33.6 Å². The molecule has 1 fully saturated rings. The van der Waals surface area contributed by atoms with Crippen LogP contribution in [0.25, 0.3) is 0 Å². The Balaban J connectivity index is 1.93. The van der Waals surface area contributed by atoms with Gasteiger partial charge in [0.25, 0.3) is 0 Å². The number of rotatable bonds is 3. The average molecular weight is 315 g/mol. The summed E-state index contributed by atoms with van der Waals surface area (Å²) in [6, 6.07) is 8.02. The van der Waals surface area contributed by atoms with E-state index in [0.29, 0.717) is 0 Å². The summed E-state index contributed by atoms with van der Waals surface area (Å²) in [7, 11) is 0. The Bertz CT molecular complexity index is 390. The fourth-order valence-corrected chi connectivity index (χ4v) is 2.92. The SMILES string of the molecule is C[C@@H](NC(=O)C1CSCN1)c1ccc(Br)cc1. The zero-order valence-electron chi connectivity index (χ0n) is 9.57. The quantitative estimate of drug-likeness (QED) is 0.899. The van der Waals surface area contributed by atoms with Gasteiger partial charge in [0, 0.05) is 16.1 Å². The molecule has 3 nitrogen and oxygen atoms in total. The van der Waals surface area contributed by atoms with Crippen LogP contribution in [-0.4, -0.2) is 23.6 Å². The van der Waals surface area contributed by atoms with Gasteiger partial charge >= 0.3 is 0 Å². The molecule has 1 saturated heterocycles. The van der Waals surface area contributed by atoms with Gasteiger partial charge in [-0.05, 0) is 24.6 Å². The Hall–Kier alpha value is -0.520. The van der Waals surface area contributed by atoms with Crippen molar-refractivity contribution in [3.05, 3.63) is 34.3 Å². The first-order valence-corrected chi connectivity index (χ1v) is 7.48. The maximum atomic E-state index is 11.9. The van der Waals surface area contributed by atoms with Crippen molar-refractivity contribution in [3.63, 3.8) is 0 Å². The first-order valence-electron chi connectivity index (χ1n) is 5.54. The Labute approximate surface area is 114 Å². The summed E-state index contributed by atoms with van der Waals surface area (Å²) in [5, 5.41) is 6.19. The Morgan fingerprint density at radius 1 is 1.53 bits per heavy atom. The highest BCUT2D eigenvalue weighted by molar-refractivity contribution is 9.10. The van der Waals surface area contributed by atoms with Gasteiger partial charge < -0.3 is 5.32 Å². The molecule has 92 valence electrons. The van der Waals surface area contributed by atoms with Crippen LogP contribution in [0.2, 0.25) is 0 Å². The van der Waals surface area contributed by atoms with Gasteiger partial charge in [0.15, 0.2) is 0 Å². The molecule has 0 aliphatic carbocycles. The van der Waals surface area contributed by atoms with Crippen molar-refractivity contribution in [2.45, 2.75) is 19.0 Å². The highest BCUT2D eigenvalue weighted by Gasteiger charge is 2.23. The Morgan fingerprint density at radius 3 is 2.82 bits per heavy atom. The minimum absolute atomic E-state index is 0.0436. The van der Waals surface area contributed by atoms with Crippen molar-refractivity contribution < 1.29 is 4.79 Å². The summed E-state index contributed by atoms with van der Waals surface area (Å²) in [5.41, 5.74) is 1.12.